The summed E-state index contributed by atoms with van der Waals surface area (Å²) in [6.07, 6.45) is 10.8. The molecule has 0 saturated carbocycles. The van der Waals surface area contributed by atoms with Crippen LogP contribution < -0.4 is 5.32 Å². The Kier molecular flexibility index (Phi) is 10.2. The number of hydrogen-bond donors (Lipinski definition) is 1. The number of amides is 1. The number of unbranched alkanes of at least 4 members (excludes halogenated alkanes) is 3. The summed E-state index contributed by atoms with van der Waals surface area (Å²) in [5.41, 5.74) is 4.19. The average molecular weight is 558 g/mol. The van der Waals surface area contributed by atoms with Crippen molar-refractivity contribution < 1.29 is 14.3 Å². The third-order valence-electron chi connectivity index (χ3n) is 6.58. The molecule has 210 valence electrons. The smallest absolute Gasteiger partial charge is 0.258 e. The van der Waals surface area contributed by atoms with Crippen LogP contribution >= 0.6 is 0 Å². The van der Waals surface area contributed by atoms with Gasteiger partial charge in [0.1, 0.15) is 13.0 Å². The van der Waals surface area contributed by atoms with Gasteiger partial charge in [-0.3, -0.25) is 14.7 Å². The lowest BCUT2D eigenvalue weighted by molar-refractivity contribution is -0.107. The number of benzene rings is 2. The van der Waals surface area contributed by atoms with E-state index in [4.69, 9.17) is 9.72 Å². The van der Waals surface area contributed by atoms with E-state index in [-0.39, 0.29) is 5.91 Å². The Balaban J connectivity index is 1.44. The first-order chi connectivity index (χ1) is 19.3. The number of carbonyl (C=O) groups is 2. The van der Waals surface area contributed by atoms with Crippen LogP contribution in [0.3, 0.4) is 0 Å². The second-order valence-corrected chi connectivity index (χ2v) is 16.8. The molecule has 0 aliphatic carbocycles. The molecule has 0 spiro atoms. The largest absolute Gasteiger partial charge is 0.360 e. The van der Waals surface area contributed by atoms with Gasteiger partial charge in [-0.15, -0.1) is 0 Å². The molecule has 0 saturated heterocycles. The molecule has 8 nitrogen and oxygen atoms in total. The molecule has 4 aromatic rings. The number of carbonyl (C=O) groups excluding carboxylic acids is 2. The maximum Gasteiger partial charge on any atom is 0.258 e. The van der Waals surface area contributed by atoms with Crippen molar-refractivity contribution in [1.29, 1.82) is 0 Å². The predicted molar refractivity (Wildman–Crippen MR) is 162 cm³/mol. The second-order valence-electron chi connectivity index (χ2n) is 11.2. The highest BCUT2D eigenvalue weighted by molar-refractivity contribution is 6.76. The highest BCUT2D eigenvalue weighted by atomic mass is 28.3. The molecule has 4 rings (SSSR count). The Morgan fingerprint density at radius 2 is 1.82 bits per heavy atom. The summed E-state index contributed by atoms with van der Waals surface area (Å²) in [6, 6.07) is 18.5. The minimum absolute atomic E-state index is 0.232. The summed E-state index contributed by atoms with van der Waals surface area (Å²) in [5, 5.41) is 7.45. The first-order valence-corrected chi connectivity index (χ1v) is 17.6. The number of imidazole rings is 1. The van der Waals surface area contributed by atoms with E-state index in [1.54, 1.807) is 16.9 Å². The van der Waals surface area contributed by atoms with E-state index in [9.17, 15) is 9.59 Å². The van der Waals surface area contributed by atoms with Gasteiger partial charge >= 0.3 is 0 Å². The van der Waals surface area contributed by atoms with Crippen molar-refractivity contribution in [1.82, 2.24) is 19.3 Å². The number of aryl methyl sites for hydroxylation is 1. The SMILES string of the molecule is C[Si](C)(C)CCOCn1cc(-c2cccc(C(=O)Nc3nc(CCCCCC=O)cn3-c3ccccc3)c2)cn1. The average Bonchev–Trinajstić information content (AvgIpc) is 3.58. The standard InChI is InChI=1S/C31H39N5O3Si/c1-40(2,3)19-18-39-24-35-22-27(21-32-35)25-12-11-13-26(20-25)30(38)34-31-33-28(14-7-4-5-10-17-37)23-36(31)29-15-8-6-9-16-29/h6,8-9,11-13,15-17,20-23H,4-5,7,10,14,18-19,24H2,1-3H3,(H,33,34,38). The molecular formula is C31H39N5O3Si. The van der Waals surface area contributed by atoms with Gasteiger partial charge in [0.05, 0.1) is 11.9 Å². The van der Waals surface area contributed by atoms with E-state index in [0.29, 0.717) is 24.7 Å². The Hall–Kier alpha value is -3.82. The molecule has 0 aliphatic rings. The number of nitrogens with zero attached hydrogens (tertiary/aromatic N) is 4. The molecule has 0 atom stereocenters. The second kappa shape index (κ2) is 14.0. The Morgan fingerprint density at radius 1 is 1.00 bits per heavy atom. The van der Waals surface area contributed by atoms with Crippen molar-refractivity contribution in [3.63, 3.8) is 0 Å². The van der Waals surface area contributed by atoms with Crippen molar-refractivity contribution in [3.05, 3.63) is 84.4 Å². The number of rotatable bonds is 15. The molecule has 0 fully saturated rings. The van der Waals surface area contributed by atoms with Gasteiger partial charge in [0.15, 0.2) is 0 Å². The molecule has 0 radical (unpaired) electrons. The first kappa shape index (κ1) is 29.2. The molecule has 1 amide bonds. The Morgan fingerprint density at radius 3 is 2.60 bits per heavy atom. The van der Waals surface area contributed by atoms with Gasteiger partial charge in [0.25, 0.3) is 5.91 Å². The van der Waals surface area contributed by atoms with E-state index in [1.165, 1.54) is 0 Å². The third-order valence-corrected chi connectivity index (χ3v) is 8.29. The maximum absolute atomic E-state index is 13.3. The summed E-state index contributed by atoms with van der Waals surface area (Å²) in [4.78, 5) is 28.7. The zero-order chi connectivity index (χ0) is 28.4. The number of aromatic nitrogens is 4. The van der Waals surface area contributed by atoms with Crippen LogP contribution in [0.2, 0.25) is 25.7 Å². The fourth-order valence-electron chi connectivity index (χ4n) is 4.27. The summed E-state index contributed by atoms with van der Waals surface area (Å²) in [7, 11) is -1.13. The molecule has 0 aliphatic heterocycles. The van der Waals surface area contributed by atoms with Crippen LogP contribution in [0.1, 0.15) is 41.7 Å². The zero-order valence-electron chi connectivity index (χ0n) is 23.7. The topological polar surface area (TPSA) is 91.0 Å². The van der Waals surface area contributed by atoms with Gasteiger partial charge in [-0.1, -0.05) is 56.4 Å². The van der Waals surface area contributed by atoms with E-state index in [1.807, 2.05) is 65.5 Å². The predicted octanol–water partition coefficient (Wildman–Crippen LogP) is 6.60. The van der Waals surface area contributed by atoms with Gasteiger partial charge in [-0.05, 0) is 55.1 Å². The molecule has 2 aromatic heterocycles. The highest BCUT2D eigenvalue weighted by Crippen LogP contribution is 2.22. The molecule has 0 unspecified atom stereocenters. The summed E-state index contributed by atoms with van der Waals surface area (Å²) >= 11 is 0. The molecule has 0 bridgehead atoms. The van der Waals surface area contributed by atoms with E-state index in [2.05, 4.69) is 30.1 Å². The van der Waals surface area contributed by atoms with Crippen LogP contribution in [-0.2, 0) is 22.7 Å². The molecular weight excluding hydrogens is 518 g/mol. The minimum atomic E-state index is -1.13. The number of nitrogens with one attached hydrogen (secondary N) is 1. The minimum Gasteiger partial charge on any atom is -0.360 e. The molecule has 1 N–H and O–H groups in total. The Bertz CT molecular complexity index is 1390. The number of ether oxygens (including phenoxy) is 1. The first-order valence-electron chi connectivity index (χ1n) is 13.9. The molecule has 9 heteroatoms. The summed E-state index contributed by atoms with van der Waals surface area (Å²) in [6.45, 7) is 8.14. The van der Waals surface area contributed by atoms with Gasteiger partial charge in [-0.2, -0.15) is 5.10 Å². The zero-order valence-corrected chi connectivity index (χ0v) is 24.7. The summed E-state index contributed by atoms with van der Waals surface area (Å²) in [5.74, 6) is 0.247. The number of para-hydroxylation sites is 1. The van der Waals surface area contributed by atoms with Crippen molar-refractivity contribution >= 4 is 26.2 Å². The van der Waals surface area contributed by atoms with Gasteiger partial charge < -0.3 is 9.53 Å². The Labute approximate surface area is 237 Å². The number of hydrogen-bond acceptors (Lipinski definition) is 5. The van der Waals surface area contributed by atoms with Crippen molar-refractivity contribution in [2.45, 2.75) is 64.5 Å². The quantitative estimate of drug-likeness (QED) is 0.101. The van der Waals surface area contributed by atoms with Gasteiger partial charge in [0, 0.05) is 50.3 Å². The lowest BCUT2D eigenvalue weighted by Gasteiger charge is -2.15. The van der Waals surface area contributed by atoms with Gasteiger partial charge in [-0.25, -0.2) is 9.67 Å². The van der Waals surface area contributed by atoms with Crippen LogP contribution in [-0.4, -0.2) is 46.2 Å². The molecule has 2 aromatic carbocycles. The lowest BCUT2D eigenvalue weighted by atomic mass is 10.1. The molecule has 40 heavy (non-hydrogen) atoms. The van der Waals surface area contributed by atoms with Crippen molar-refractivity contribution in [3.8, 4) is 16.8 Å². The van der Waals surface area contributed by atoms with Crippen molar-refractivity contribution in [2.75, 3.05) is 11.9 Å². The van der Waals surface area contributed by atoms with Crippen LogP contribution in [0, 0.1) is 0 Å². The summed E-state index contributed by atoms with van der Waals surface area (Å²) < 4.78 is 9.51. The lowest BCUT2D eigenvalue weighted by Crippen LogP contribution is -2.22. The fourth-order valence-corrected chi connectivity index (χ4v) is 5.02. The molecule has 2 heterocycles. The monoisotopic (exact) mass is 557 g/mol. The van der Waals surface area contributed by atoms with Gasteiger partial charge in [0.2, 0.25) is 5.95 Å². The van der Waals surface area contributed by atoms with E-state index in [0.717, 1.165) is 67.1 Å². The van der Waals surface area contributed by atoms with E-state index < -0.39 is 8.07 Å². The fraction of sp³-hybridized carbons (Fsp3) is 0.355. The van der Waals surface area contributed by atoms with Crippen molar-refractivity contribution in [2.24, 2.45) is 0 Å². The normalized spacial score (nSPS) is 11.5. The van der Waals surface area contributed by atoms with Crippen LogP contribution in [0.5, 0.6) is 0 Å². The third kappa shape index (κ3) is 8.59. The highest BCUT2D eigenvalue weighted by Gasteiger charge is 2.16. The van der Waals surface area contributed by atoms with E-state index >= 15 is 0 Å². The van der Waals surface area contributed by atoms with Crippen LogP contribution in [0.4, 0.5) is 5.95 Å². The maximum atomic E-state index is 13.3. The number of anilines is 1. The number of aldehydes is 1. The van der Waals surface area contributed by atoms with Crippen LogP contribution in [0.15, 0.2) is 73.2 Å². The van der Waals surface area contributed by atoms with Crippen LogP contribution in [0.25, 0.3) is 16.8 Å².